The van der Waals surface area contributed by atoms with E-state index in [1.54, 1.807) is 0 Å². The number of piperidine rings is 1. The van der Waals surface area contributed by atoms with E-state index < -0.39 is 18.3 Å². The zero-order valence-corrected chi connectivity index (χ0v) is 8.90. The molecule has 15 heavy (non-hydrogen) atoms. The molecule has 3 nitrogen and oxygen atoms in total. The van der Waals surface area contributed by atoms with E-state index >= 15 is 0 Å². The normalized spacial score (nSPS) is 23.0. The van der Waals surface area contributed by atoms with Crippen LogP contribution < -0.4 is 11.1 Å². The van der Waals surface area contributed by atoms with Gasteiger partial charge in [0.25, 0.3) is 0 Å². The first-order valence-electron chi connectivity index (χ1n) is 5.07. The van der Waals surface area contributed by atoms with Crippen molar-refractivity contribution in [3.63, 3.8) is 0 Å². The lowest BCUT2D eigenvalue weighted by atomic mass is 9.87. The molecule has 6 heteroatoms. The fraction of sp³-hybridized carbons (Fsp3) is 1.00. The Morgan fingerprint density at radius 3 is 2.27 bits per heavy atom. The topological polar surface area (TPSA) is 41.3 Å². The van der Waals surface area contributed by atoms with Gasteiger partial charge < -0.3 is 16.0 Å². The first-order valence-corrected chi connectivity index (χ1v) is 5.07. The Bertz CT molecular complexity index is 197. The Hall–Kier alpha value is -0.330. The molecular weight excluding hydrogens is 207 g/mol. The molecule has 0 spiro atoms. The third-order valence-corrected chi connectivity index (χ3v) is 3.00. The minimum absolute atomic E-state index is 0.261. The number of nitrogens with two attached hydrogens (primary N) is 1. The van der Waals surface area contributed by atoms with Crippen molar-refractivity contribution in [2.75, 3.05) is 33.2 Å². The zero-order valence-electron chi connectivity index (χ0n) is 8.90. The average molecular weight is 225 g/mol. The second-order valence-corrected chi connectivity index (χ2v) is 4.26. The van der Waals surface area contributed by atoms with Crippen LogP contribution in [0.3, 0.4) is 0 Å². The maximum atomic E-state index is 12.1. The highest BCUT2D eigenvalue weighted by Gasteiger charge is 2.36. The van der Waals surface area contributed by atoms with Gasteiger partial charge in [-0.3, -0.25) is 0 Å². The molecule has 0 aromatic carbocycles. The molecule has 1 aliphatic rings. The summed E-state index contributed by atoms with van der Waals surface area (Å²) in [4.78, 5) is 2.10. The van der Waals surface area contributed by atoms with Crippen molar-refractivity contribution in [3.8, 4) is 0 Å². The molecule has 1 fully saturated rings. The Morgan fingerprint density at radius 1 is 1.33 bits per heavy atom. The fourth-order valence-corrected chi connectivity index (χ4v) is 1.79. The van der Waals surface area contributed by atoms with Crippen LogP contribution in [0.2, 0.25) is 0 Å². The summed E-state index contributed by atoms with van der Waals surface area (Å²) in [5.74, 6) is 0. The molecule has 0 aliphatic carbocycles. The van der Waals surface area contributed by atoms with Gasteiger partial charge in [0, 0.05) is 12.1 Å². The summed E-state index contributed by atoms with van der Waals surface area (Å²) in [5.41, 5.74) is 5.04. The van der Waals surface area contributed by atoms with Crippen LogP contribution in [0.1, 0.15) is 12.8 Å². The Morgan fingerprint density at radius 2 is 1.87 bits per heavy atom. The van der Waals surface area contributed by atoms with Crippen molar-refractivity contribution in [1.29, 1.82) is 0 Å². The first kappa shape index (κ1) is 12.7. The number of nitrogens with one attached hydrogen (secondary N) is 1. The van der Waals surface area contributed by atoms with Crippen LogP contribution in [0.25, 0.3) is 0 Å². The summed E-state index contributed by atoms with van der Waals surface area (Å²) in [5, 5.41) is 2.57. The monoisotopic (exact) mass is 225 g/mol. The molecule has 1 aliphatic heterocycles. The molecule has 0 unspecified atom stereocenters. The van der Waals surface area contributed by atoms with E-state index in [9.17, 15) is 13.2 Å². The first-order chi connectivity index (χ1) is 6.87. The van der Waals surface area contributed by atoms with E-state index in [0.29, 0.717) is 12.8 Å². The van der Waals surface area contributed by atoms with Crippen LogP contribution in [0.5, 0.6) is 0 Å². The largest absolute Gasteiger partial charge is 0.401 e. The molecular formula is C9H18F3N3. The summed E-state index contributed by atoms with van der Waals surface area (Å²) in [6.07, 6.45) is -2.81. The van der Waals surface area contributed by atoms with Crippen LogP contribution >= 0.6 is 0 Å². The van der Waals surface area contributed by atoms with Gasteiger partial charge >= 0.3 is 6.18 Å². The van der Waals surface area contributed by atoms with E-state index in [1.165, 1.54) is 0 Å². The number of alkyl halides is 3. The van der Waals surface area contributed by atoms with Gasteiger partial charge in [-0.25, -0.2) is 0 Å². The molecule has 1 saturated heterocycles. The lowest BCUT2D eigenvalue weighted by Gasteiger charge is -2.40. The maximum Gasteiger partial charge on any atom is 0.401 e. The number of hydrogen-bond acceptors (Lipinski definition) is 3. The lowest BCUT2D eigenvalue weighted by Crippen LogP contribution is -2.58. The van der Waals surface area contributed by atoms with Crippen molar-refractivity contribution in [2.24, 2.45) is 5.73 Å². The van der Waals surface area contributed by atoms with E-state index in [1.807, 2.05) is 7.05 Å². The van der Waals surface area contributed by atoms with Crippen molar-refractivity contribution < 1.29 is 13.2 Å². The quantitative estimate of drug-likeness (QED) is 0.737. The van der Waals surface area contributed by atoms with Crippen molar-refractivity contribution >= 4 is 0 Å². The molecule has 0 aromatic rings. The third kappa shape index (κ3) is 3.96. The van der Waals surface area contributed by atoms with E-state index in [0.717, 1.165) is 13.1 Å². The summed E-state index contributed by atoms with van der Waals surface area (Å²) in [6, 6.07) is 0. The van der Waals surface area contributed by atoms with Gasteiger partial charge in [0.2, 0.25) is 0 Å². The molecule has 1 heterocycles. The summed E-state index contributed by atoms with van der Waals surface area (Å²) < 4.78 is 36.2. The molecule has 0 radical (unpaired) electrons. The zero-order chi connectivity index (χ0) is 11.5. The molecule has 0 saturated carbocycles. The minimum Gasteiger partial charge on any atom is -0.329 e. The molecule has 3 N–H and O–H groups in total. The van der Waals surface area contributed by atoms with Crippen LogP contribution in [0.4, 0.5) is 13.2 Å². The average Bonchev–Trinajstić information content (AvgIpc) is 2.17. The summed E-state index contributed by atoms with van der Waals surface area (Å²) in [6.45, 7) is 0.898. The highest BCUT2D eigenvalue weighted by atomic mass is 19.4. The second-order valence-electron chi connectivity index (χ2n) is 4.26. The van der Waals surface area contributed by atoms with E-state index in [4.69, 9.17) is 5.73 Å². The third-order valence-electron chi connectivity index (χ3n) is 3.00. The molecule has 0 atom stereocenters. The van der Waals surface area contributed by atoms with Gasteiger partial charge in [-0.2, -0.15) is 13.2 Å². The number of likely N-dealkylation sites (tertiary alicyclic amines) is 1. The number of halogens is 3. The van der Waals surface area contributed by atoms with Crippen LogP contribution in [0, 0.1) is 0 Å². The number of nitrogens with zero attached hydrogens (tertiary/aromatic N) is 1. The fourth-order valence-electron chi connectivity index (χ4n) is 1.79. The van der Waals surface area contributed by atoms with Crippen LogP contribution in [-0.2, 0) is 0 Å². The Labute approximate surface area is 87.8 Å². The predicted molar refractivity (Wildman–Crippen MR) is 52.6 cm³/mol. The Kier molecular flexibility index (Phi) is 3.97. The predicted octanol–water partition coefficient (Wildman–Crippen LogP) is 0.561. The highest BCUT2D eigenvalue weighted by Crippen LogP contribution is 2.22. The van der Waals surface area contributed by atoms with Crippen LogP contribution in [0.15, 0.2) is 0 Å². The van der Waals surface area contributed by atoms with Crippen molar-refractivity contribution in [1.82, 2.24) is 10.2 Å². The Balaban J connectivity index is 2.47. The molecule has 0 aromatic heterocycles. The van der Waals surface area contributed by atoms with Gasteiger partial charge in [-0.15, -0.1) is 0 Å². The maximum absolute atomic E-state index is 12.1. The smallest absolute Gasteiger partial charge is 0.329 e. The highest BCUT2D eigenvalue weighted by molar-refractivity contribution is 4.94. The van der Waals surface area contributed by atoms with Gasteiger partial charge in [0.05, 0.1) is 6.54 Å². The van der Waals surface area contributed by atoms with E-state index in [-0.39, 0.29) is 6.54 Å². The minimum atomic E-state index is -4.16. The van der Waals surface area contributed by atoms with Gasteiger partial charge in [0.15, 0.2) is 0 Å². The molecule has 0 amide bonds. The second kappa shape index (κ2) is 4.67. The van der Waals surface area contributed by atoms with E-state index in [2.05, 4.69) is 10.2 Å². The standard InChI is InChI=1S/C9H18F3N3/c1-15-4-2-8(6-13,3-5-15)14-7-9(10,11)12/h14H,2-7,13H2,1H3. The lowest BCUT2D eigenvalue weighted by molar-refractivity contribution is -0.129. The molecule has 90 valence electrons. The van der Waals surface area contributed by atoms with Crippen LogP contribution in [-0.4, -0.2) is 49.8 Å². The number of hydrogen-bond donors (Lipinski definition) is 2. The van der Waals surface area contributed by atoms with Crippen molar-refractivity contribution in [3.05, 3.63) is 0 Å². The number of rotatable bonds is 3. The van der Waals surface area contributed by atoms with Crippen molar-refractivity contribution in [2.45, 2.75) is 24.6 Å². The summed E-state index contributed by atoms with van der Waals surface area (Å²) in [7, 11) is 1.96. The van der Waals surface area contributed by atoms with Gasteiger partial charge in [-0.05, 0) is 33.0 Å². The van der Waals surface area contributed by atoms with Gasteiger partial charge in [0.1, 0.15) is 0 Å². The SMILES string of the molecule is CN1CCC(CN)(NCC(F)(F)F)CC1. The molecule has 1 rings (SSSR count). The molecule has 0 bridgehead atoms. The summed E-state index contributed by atoms with van der Waals surface area (Å²) >= 11 is 0. The van der Waals surface area contributed by atoms with Gasteiger partial charge in [-0.1, -0.05) is 0 Å².